The summed E-state index contributed by atoms with van der Waals surface area (Å²) >= 11 is 12.1. The van der Waals surface area contributed by atoms with Crippen molar-refractivity contribution in [1.82, 2.24) is 9.97 Å². The summed E-state index contributed by atoms with van der Waals surface area (Å²) in [7, 11) is 0. The highest BCUT2D eigenvalue weighted by atomic mass is 35.5. The Balaban J connectivity index is 1.72. The Hall–Kier alpha value is -3.60. The first kappa shape index (κ1) is 19.7. The molecule has 1 N–H and O–H groups in total. The topological polar surface area (TPSA) is 109 Å². The van der Waals surface area contributed by atoms with Gasteiger partial charge in [-0.25, -0.2) is 4.98 Å². The molecule has 0 saturated carbocycles. The minimum Gasteiger partial charge on any atom is -0.457 e. The molecule has 2 aromatic carbocycles. The predicted molar refractivity (Wildman–Crippen MR) is 115 cm³/mol. The van der Waals surface area contributed by atoms with E-state index in [0.29, 0.717) is 22.9 Å². The normalized spacial score (nSPS) is 11.6. The molecule has 0 fully saturated rings. The maximum atomic E-state index is 11.1. The van der Waals surface area contributed by atoms with E-state index in [1.165, 1.54) is 18.2 Å². The molecule has 9 heteroatoms. The van der Waals surface area contributed by atoms with Crippen molar-refractivity contribution in [3.8, 4) is 17.4 Å². The predicted octanol–water partition coefficient (Wildman–Crippen LogP) is 6.41. The third-order valence-corrected chi connectivity index (χ3v) is 5.04. The summed E-state index contributed by atoms with van der Waals surface area (Å²) < 4.78 is 5.75. The standard InChI is InChI=1S/C21H12Cl2N4O3/c1-11-2-4-17-18(6-11)26-21(25-17)12(10-24)7-13-3-5-20(30-13)14-8-19(27(28)29)16(23)9-15(14)22/h2-9H,1H3,(H,25,26). The zero-order chi connectivity index (χ0) is 21.4. The fraction of sp³-hybridized carbons (Fsp3) is 0.0476. The highest BCUT2D eigenvalue weighted by molar-refractivity contribution is 6.37. The second-order valence-corrected chi connectivity index (χ2v) is 7.33. The molecule has 0 bridgehead atoms. The van der Waals surface area contributed by atoms with Crippen LogP contribution in [0.25, 0.3) is 34.0 Å². The molecule has 30 heavy (non-hydrogen) atoms. The molecule has 0 saturated heterocycles. The van der Waals surface area contributed by atoms with Gasteiger partial charge in [0.05, 0.1) is 26.6 Å². The number of halogens is 2. The number of nitrogens with zero attached hydrogens (tertiary/aromatic N) is 3. The van der Waals surface area contributed by atoms with E-state index in [2.05, 4.69) is 16.0 Å². The van der Waals surface area contributed by atoms with Gasteiger partial charge in [-0.3, -0.25) is 10.1 Å². The van der Waals surface area contributed by atoms with E-state index in [1.54, 1.807) is 12.1 Å². The molecule has 0 aliphatic carbocycles. The Labute approximate surface area is 180 Å². The van der Waals surface area contributed by atoms with Gasteiger partial charge in [0.25, 0.3) is 5.69 Å². The highest BCUT2D eigenvalue weighted by Gasteiger charge is 2.19. The summed E-state index contributed by atoms with van der Waals surface area (Å²) in [5.74, 6) is 1.09. The molecule has 0 aliphatic rings. The first-order valence-corrected chi connectivity index (χ1v) is 9.43. The van der Waals surface area contributed by atoms with Crippen molar-refractivity contribution in [3.63, 3.8) is 0 Å². The number of H-pyrrole nitrogens is 1. The van der Waals surface area contributed by atoms with E-state index in [4.69, 9.17) is 27.6 Å². The van der Waals surface area contributed by atoms with Crippen LogP contribution in [0.5, 0.6) is 0 Å². The van der Waals surface area contributed by atoms with Crippen LogP contribution in [0.2, 0.25) is 10.0 Å². The molecule has 0 spiro atoms. The van der Waals surface area contributed by atoms with Crippen LogP contribution in [0, 0.1) is 28.4 Å². The number of imidazole rings is 1. The smallest absolute Gasteiger partial charge is 0.288 e. The number of aryl methyl sites for hydroxylation is 1. The molecule has 4 aromatic rings. The molecular formula is C21H12Cl2N4O3. The Bertz CT molecular complexity index is 1380. The van der Waals surface area contributed by atoms with E-state index in [0.717, 1.165) is 16.6 Å². The maximum absolute atomic E-state index is 11.1. The number of nitriles is 1. The highest BCUT2D eigenvalue weighted by Crippen LogP contribution is 2.37. The van der Waals surface area contributed by atoms with Crippen LogP contribution in [0.4, 0.5) is 5.69 Å². The van der Waals surface area contributed by atoms with Crippen molar-refractivity contribution in [3.05, 3.63) is 79.8 Å². The van der Waals surface area contributed by atoms with Gasteiger partial charge in [0.2, 0.25) is 0 Å². The lowest BCUT2D eigenvalue weighted by Gasteiger charge is -2.02. The lowest BCUT2D eigenvalue weighted by molar-refractivity contribution is -0.384. The molecule has 148 valence electrons. The fourth-order valence-electron chi connectivity index (χ4n) is 2.99. The third-order valence-electron chi connectivity index (χ3n) is 4.42. The van der Waals surface area contributed by atoms with Gasteiger partial charge in [-0.1, -0.05) is 29.3 Å². The van der Waals surface area contributed by atoms with E-state index in [1.807, 2.05) is 25.1 Å². The number of fused-ring (bicyclic) bond motifs is 1. The number of nitro groups is 1. The average Bonchev–Trinajstić information content (AvgIpc) is 3.32. The van der Waals surface area contributed by atoms with E-state index in [9.17, 15) is 15.4 Å². The maximum Gasteiger partial charge on any atom is 0.288 e. The molecule has 0 aliphatic heterocycles. The number of furan rings is 1. The number of benzene rings is 2. The molecule has 0 amide bonds. The number of nitro benzene ring substituents is 1. The second kappa shape index (κ2) is 7.67. The number of aromatic amines is 1. The molecular weight excluding hydrogens is 427 g/mol. The summed E-state index contributed by atoms with van der Waals surface area (Å²) in [6.07, 6.45) is 1.53. The monoisotopic (exact) mass is 438 g/mol. The molecule has 4 rings (SSSR count). The molecule has 7 nitrogen and oxygen atoms in total. The van der Waals surface area contributed by atoms with Gasteiger partial charge in [-0.05, 0) is 42.8 Å². The van der Waals surface area contributed by atoms with Crippen molar-refractivity contribution in [1.29, 1.82) is 5.26 Å². The Morgan fingerprint density at radius 1 is 1.23 bits per heavy atom. The van der Waals surface area contributed by atoms with Crippen LogP contribution < -0.4 is 0 Å². The summed E-state index contributed by atoms with van der Waals surface area (Å²) in [5.41, 5.74) is 2.97. The molecule has 2 heterocycles. The molecule has 2 aromatic heterocycles. The van der Waals surface area contributed by atoms with E-state index < -0.39 is 4.92 Å². The summed E-state index contributed by atoms with van der Waals surface area (Å²) in [6, 6.07) is 13.7. The van der Waals surface area contributed by atoms with Gasteiger partial charge in [0.1, 0.15) is 28.4 Å². The quantitative estimate of drug-likeness (QED) is 0.225. The Morgan fingerprint density at radius 2 is 2.03 bits per heavy atom. The fourth-order valence-corrected chi connectivity index (χ4v) is 3.53. The van der Waals surface area contributed by atoms with Crippen molar-refractivity contribution in [2.45, 2.75) is 6.92 Å². The number of nitrogens with one attached hydrogen (secondary N) is 1. The van der Waals surface area contributed by atoms with Gasteiger partial charge in [-0.2, -0.15) is 5.26 Å². The van der Waals surface area contributed by atoms with Gasteiger partial charge >= 0.3 is 0 Å². The Morgan fingerprint density at radius 3 is 2.77 bits per heavy atom. The molecule has 0 atom stereocenters. The minimum absolute atomic E-state index is 0.0627. The average molecular weight is 439 g/mol. The summed E-state index contributed by atoms with van der Waals surface area (Å²) in [5, 5.41) is 20.9. The van der Waals surface area contributed by atoms with Gasteiger partial charge in [0.15, 0.2) is 0 Å². The number of allylic oxidation sites excluding steroid dienone is 1. The van der Waals surface area contributed by atoms with Crippen molar-refractivity contribution < 1.29 is 9.34 Å². The van der Waals surface area contributed by atoms with Crippen molar-refractivity contribution in [2.75, 3.05) is 0 Å². The van der Waals surface area contributed by atoms with Crippen LogP contribution >= 0.6 is 23.2 Å². The SMILES string of the molecule is Cc1ccc2nc(C(C#N)=Cc3ccc(-c4cc([N+](=O)[O-])c(Cl)cc4Cl)o3)[nH]c2c1. The number of rotatable bonds is 4. The molecule has 0 radical (unpaired) electrons. The van der Waals surface area contributed by atoms with Crippen LogP contribution in [0.1, 0.15) is 17.1 Å². The van der Waals surface area contributed by atoms with Crippen LogP contribution in [0.3, 0.4) is 0 Å². The third kappa shape index (κ3) is 3.66. The first-order chi connectivity index (χ1) is 14.4. The number of hydrogen-bond donors (Lipinski definition) is 1. The lowest BCUT2D eigenvalue weighted by Crippen LogP contribution is -1.90. The lowest BCUT2D eigenvalue weighted by atomic mass is 10.1. The molecule has 0 unspecified atom stereocenters. The van der Waals surface area contributed by atoms with Crippen molar-refractivity contribution >= 4 is 51.6 Å². The summed E-state index contributed by atoms with van der Waals surface area (Å²) in [6.45, 7) is 1.97. The summed E-state index contributed by atoms with van der Waals surface area (Å²) in [4.78, 5) is 18.1. The number of aromatic nitrogens is 2. The zero-order valence-electron chi connectivity index (χ0n) is 15.4. The van der Waals surface area contributed by atoms with Crippen LogP contribution in [-0.2, 0) is 0 Å². The Kier molecular flexibility index (Phi) is 5.04. The largest absolute Gasteiger partial charge is 0.457 e. The second-order valence-electron chi connectivity index (χ2n) is 6.52. The first-order valence-electron chi connectivity index (χ1n) is 8.68. The van der Waals surface area contributed by atoms with Gasteiger partial charge in [-0.15, -0.1) is 0 Å². The van der Waals surface area contributed by atoms with Crippen LogP contribution in [-0.4, -0.2) is 14.9 Å². The van der Waals surface area contributed by atoms with Gasteiger partial charge < -0.3 is 9.40 Å². The van der Waals surface area contributed by atoms with Gasteiger partial charge in [0, 0.05) is 17.7 Å². The minimum atomic E-state index is -0.594. The van der Waals surface area contributed by atoms with Crippen LogP contribution in [0.15, 0.2) is 46.9 Å². The van der Waals surface area contributed by atoms with E-state index >= 15 is 0 Å². The van der Waals surface area contributed by atoms with Crippen molar-refractivity contribution in [2.24, 2.45) is 0 Å². The van der Waals surface area contributed by atoms with E-state index in [-0.39, 0.29) is 21.3 Å². The zero-order valence-corrected chi connectivity index (χ0v) is 17.0. The number of hydrogen-bond acceptors (Lipinski definition) is 5.